The molecule has 7 atom stereocenters. The number of nitrogens with one attached hydrogen (secondary N) is 1. The van der Waals surface area contributed by atoms with Gasteiger partial charge in [0.15, 0.2) is 0 Å². The van der Waals surface area contributed by atoms with E-state index in [1.54, 1.807) is 24.3 Å². The number of benzene rings is 1. The second-order valence-corrected chi connectivity index (χ2v) is 7.52. The summed E-state index contributed by atoms with van der Waals surface area (Å²) in [6.45, 7) is 0. The van der Waals surface area contributed by atoms with E-state index in [1.807, 2.05) is 0 Å². The third kappa shape index (κ3) is 1.97. The topological polar surface area (TPSA) is 50.9 Å². The molecule has 0 unspecified atom stereocenters. The van der Waals surface area contributed by atoms with Crippen LogP contribution in [0.25, 0.3) is 0 Å². The van der Waals surface area contributed by atoms with E-state index >= 15 is 0 Å². The summed E-state index contributed by atoms with van der Waals surface area (Å²) < 4.78 is 11.4. The van der Waals surface area contributed by atoms with Gasteiger partial charge in [-0.3, -0.25) is 5.32 Å². The van der Waals surface area contributed by atoms with Gasteiger partial charge in [-0.25, -0.2) is 4.79 Å². The van der Waals surface area contributed by atoms with Crippen LogP contribution in [0.15, 0.2) is 24.3 Å². The van der Waals surface area contributed by atoms with Gasteiger partial charge in [0.05, 0.1) is 12.2 Å². The zero-order valence-corrected chi connectivity index (χ0v) is 12.8. The Hall–Kier alpha value is -1.26. The fraction of sp³-hybridized carbons (Fsp3) is 0.588. The maximum absolute atomic E-state index is 12.1. The molecule has 1 N–H and O–H groups in total. The molecule has 1 aliphatic heterocycles. The lowest BCUT2D eigenvalue weighted by Gasteiger charge is -2.32. The molecule has 1 amide bonds. The molecular formula is C17H18ClNO3. The van der Waals surface area contributed by atoms with Gasteiger partial charge in [0.25, 0.3) is 0 Å². The third-order valence-electron chi connectivity index (χ3n) is 6.03. The number of anilines is 1. The van der Waals surface area contributed by atoms with E-state index < -0.39 is 0 Å². The van der Waals surface area contributed by atoms with Crippen molar-refractivity contribution in [1.29, 1.82) is 0 Å². The molecule has 1 aromatic carbocycles. The summed E-state index contributed by atoms with van der Waals surface area (Å²) in [5.74, 6) is 2.70. The van der Waals surface area contributed by atoms with Crippen LogP contribution in [-0.2, 0) is 9.47 Å². The quantitative estimate of drug-likeness (QED) is 0.846. The molecule has 4 fully saturated rings. The van der Waals surface area contributed by atoms with E-state index in [0.717, 1.165) is 18.3 Å². The maximum Gasteiger partial charge on any atom is 0.411 e. The third-order valence-corrected chi connectivity index (χ3v) is 6.28. The SMILES string of the molecule is O=C(Nc1ccc(Cl)cc1)O[C@@H]1C[C@H]2C[C@H]1[C@@H]1C[C@@H]3O[C@H]3[C@H]21. The lowest BCUT2D eigenvalue weighted by atomic mass is 9.79. The molecule has 4 aliphatic rings. The molecular weight excluding hydrogens is 302 g/mol. The molecule has 116 valence electrons. The van der Waals surface area contributed by atoms with Gasteiger partial charge in [-0.1, -0.05) is 11.6 Å². The van der Waals surface area contributed by atoms with Crippen molar-refractivity contribution < 1.29 is 14.3 Å². The molecule has 1 aromatic rings. The summed E-state index contributed by atoms with van der Waals surface area (Å²) in [7, 11) is 0. The highest BCUT2D eigenvalue weighted by Gasteiger charge is 2.67. The Labute approximate surface area is 134 Å². The van der Waals surface area contributed by atoms with Crippen molar-refractivity contribution in [2.24, 2.45) is 23.7 Å². The summed E-state index contributed by atoms with van der Waals surface area (Å²) in [6, 6.07) is 7.07. The lowest BCUT2D eigenvalue weighted by Crippen LogP contribution is -2.35. The van der Waals surface area contributed by atoms with Crippen molar-refractivity contribution in [2.75, 3.05) is 5.32 Å². The van der Waals surface area contributed by atoms with Crippen molar-refractivity contribution in [3.05, 3.63) is 29.3 Å². The average Bonchev–Trinajstić information content (AvgIpc) is 2.84. The van der Waals surface area contributed by atoms with Gasteiger partial charge in [-0.2, -0.15) is 0 Å². The molecule has 22 heavy (non-hydrogen) atoms. The van der Waals surface area contributed by atoms with Crippen LogP contribution in [0.1, 0.15) is 19.3 Å². The molecule has 0 aromatic heterocycles. The van der Waals surface area contributed by atoms with Crippen molar-refractivity contribution in [3.8, 4) is 0 Å². The Morgan fingerprint density at radius 1 is 1.18 bits per heavy atom. The molecule has 5 heteroatoms. The van der Waals surface area contributed by atoms with E-state index in [4.69, 9.17) is 21.1 Å². The number of amides is 1. The smallest absolute Gasteiger partial charge is 0.411 e. The minimum absolute atomic E-state index is 0.0797. The predicted octanol–water partition coefficient (Wildman–Crippen LogP) is 3.70. The number of carbonyl (C=O) groups is 1. The number of hydrogen-bond donors (Lipinski definition) is 1. The number of ether oxygens (including phenoxy) is 2. The Kier molecular flexibility index (Phi) is 2.77. The molecule has 3 saturated carbocycles. The highest BCUT2D eigenvalue weighted by Crippen LogP contribution is 2.64. The van der Waals surface area contributed by atoms with Crippen LogP contribution in [-0.4, -0.2) is 24.4 Å². The van der Waals surface area contributed by atoms with Gasteiger partial charge in [-0.05, 0) is 67.2 Å². The van der Waals surface area contributed by atoms with E-state index in [9.17, 15) is 4.79 Å². The van der Waals surface area contributed by atoms with Crippen molar-refractivity contribution >= 4 is 23.4 Å². The number of rotatable bonds is 2. The first-order valence-electron chi connectivity index (χ1n) is 8.08. The zero-order valence-electron chi connectivity index (χ0n) is 12.1. The number of halogens is 1. The largest absolute Gasteiger partial charge is 0.446 e. The van der Waals surface area contributed by atoms with Crippen LogP contribution < -0.4 is 5.32 Å². The standard InChI is InChI=1S/C17H18ClNO3/c18-9-1-3-10(4-2-9)19-17(20)22-13-6-8-5-11(13)12-7-14-16(21-14)15(8)12/h1-4,8,11-16H,5-7H2,(H,19,20)/t8-,11+,12+,13-,14+,15-,16-/m1/s1. The number of hydrogen-bond acceptors (Lipinski definition) is 3. The normalized spacial score (nSPS) is 43.6. The van der Waals surface area contributed by atoms with E-state index in [1.165, 1.54) is 12.8 Å². The molecule has 3 aliphatic carbocycles. The minimum atomic E-state index is -0.351. The van der Waals surface area contributed by atoms with Gasteiger partial charge in [0, 0.05) is 10.7 Å². The van der Waals surface area contributed by atoms with Gasteiger partial charge in [0.1, 0.15) is 6.10 Å². The Morgan fingerprint density at radius 2 is 2.00 bits per heavy atom. The Bertz CT molecular complexity index is 619. The highest BCUT2D eigenvalue weighted by molar-refractivity contribution is 6.30. The average molecular weight is 320 g/mol. The van der Waals surface area contributed by atoms with Crippen molar-refractivity contribution in [2.45, 2.75) is 37.6 Å². The second kappa shape index (κ2) is 4.62. The number of carbonyl (C=O) groups excluding carboxylic acids is 1. The zero-order chi connectivity index (χ0) is 14.8. The van der Waals surface area contributed by atoms with Crippen molar-refractivity contribution in [1.82, 2.24) is 0 Å². The molecule has 1 heterocycles. The molecule has 0 spiro atoms. The Morgan fingerprint density at radius 3 is 2.82 bits per heavy atom. The maximum atomic E-state index is 12.1. The summed E-state index contributed by atoms with van der Waals surface area (Å²) in [4.78, 5) is 12.1. The minimum Gasteiger partial charge on any atom is -0.446 e. The molecule has 2 bridgehead atoms. The van der Waals surface area contributed by atoms with E-state index in [0.29, 0.717) is 34.8 Å². The molecule has 0 radical (unpaired) electrons. The van der Waals surface area contributed by atoms with Crippen LogP contribution in [0.5, 0.6) is 0 Å². The van der Waals surface area contributed by atoms with Crippen LogP contribution >= 0.6 is 11.6 Å². The predicted molar refractivity (Wildman–Crippen MR) is 81.8 cm³/mol. The van der Waals surface area contributed by atoms with E-state index in [2.05, 4.69) is 5.32 Å². The fourth-order valence-corrected chi connectivity index (χ4v) is 5.35. The van der Waals surface area contributed by atoms with Gasteiger partial charge < -0.3 is 9.47 Å². The molecule has 4 nitrogen and oxygen atoms in total. The van der Waals surface area contributed by atoms with Gasteiger partial charge in [-0.15, -0.1) is 0 Å². The molecule has 1 saturated heterocycles. The first-order valence-corrected chi connectivity index (χ1v) is 8.45. The van der Waals surface area contributed by atoms with Crippen LogP contribution in [0.4, 0.5) is 10.5 Å². The molecule has 5 rings (SSSR count). The monoisotopic (exact) mass is 319 g/mol. The van der Waals surface area contributed by atoms with Crippen LogP contribution in [0.3, 0.4) is 0 Å². The second-order valence-electron chi connectivity index (χ2n) is 7.09. The summed E-state index contributed by atoms with van der Waals surface area (Å²) in [5.41, 5.74) is 0.714. The fourth-order valence-electron chi connectivity index (χ4n) is 5.22. The number of fused-ring (bicyclic) bond motifs is 7. The first kappa shape index (κ1) is 13.2. The van der Waals surface area contributed by atoms with E-state index in [-0.39, 0.29) is 12.2 Å². The lowest BCUT2D eigenvalue weighted by molar-refractivity contribution is 0.0251. The van der Waals surface area contributed by atoms with Crippen LogP contribution in [0.2, 0.25) is 5.02 Å². The summed E-state index contributed by atoms with van der Waals surface area (Å²) in [5, 5.41) is 3.44. The van der Waals surface area contributed by atoms with Gasteiger partial charge >= 0.3 is 6.09 Å². The summed E-state index contributed by atoms with van der Waals surface area (Å²) in [6.07, 6.45) is 4.17. The Balaban J connectivity index is 1.22. The van der Waals surface area contributed by atoms with Gasteiger partial charge in [0.2, 0.25) is 0 Å². The van der Waals surface area contributed by atoms with Crippen molar-refractivity contribution in [3.63, 3.8) is 0 Å². The van der Waals surface area contributed by atoms with Crippen LogP contribution in [0, 0.1) is 23.7 Å². The highest BCUT2D eigenvalue weighted by atomic mass is 35.5. The number of epoxide rings is 1. The summed E-state index contributed by atoms with van der Waals surface area (Å²) >= 11 is 5.84. The first-order chi connectivity index (χ1) is 10.7.